The van der Waals surface area contributed by atoms with E-state index < -0.39 is 6.23 Å². The molecule has 1 aliphatic rings. The van der Waals surface area contributed by atoms with E-state index in [1.807, 2.05) is 6.07 Å². The minimum Gasteiger partial charge on any atom is -0.507 e. The van der Waals surface area contributed by atoms with Crippen LogP contribution in [0.25, 0.3) is 0 Å². The van der Waals surface area contributed by atoms with Crippen LogP contribution in [0.3, 0.4) is 0 Å². The van der Waals surface area contributed by atoms with Crippen LogP contribution in [0.15, 0.2) is 23.3 Å². The number of rotatable bonds is 1. The van der Waals surface area contributed by atoms with E-state index in [1.54, 1.807) is 19.1 Å². The summed E-state index contributed by atoms with van der Waals surface area (Å²) in [5, 5.41) is 29.7. The molecule has 1 aromatic carbocycles. The van der Waals surface area contributed by atoms with Gasteiger partial charge in [-0.2, -0.15) is 5.26 Å². The first-order valence-electron chi connectivity index (χ1n) is 4.78. The zero-order valence-corrected chi connectivity index (χ0v) is 10.5. The van der Waals surface area contributed by atoms with Crippen LogP contribution in [0.2, 0.25) is 5.02 Å². The molecule has 0 fully saturated rings. The van der Waals surface area contributed by atoms with E-state index >= 15 is 0 Å². The van der Waals surface area contributed by atoms with Crippen molar-refractivity contribution in [1.82, 2.24) is 0 Å². The smallest absolute Gasteiger partial charge is 0.196 e. The van der Waals surface area contributed by atoms with Crippen molar-refractivity contribution in [3.8, 4) is 6.07 Å². The van der Waals surface area contributed by atoms with Crippen molar-refractivity contribution in [2.24, 2.45) is 0 Å². The normalized spacial score (nSPS) is 19.1. The van der Waals surface area contributed by atoms with Gasteiger partial charge in [0.25, 0.3) is 0 Å². The molecule has 1 heterocycles. The Labute approximate surface area is 108 Å². The van der Waals surface area contributed by atoms with Gasteiger partial charge in [0.05, 0.1) is 16.3 Å². The van der Waals surface area contributed by atoms with E-state index in [1.165, 1.54) is 21.7 Å². The van der Waals surface area contributed by atoms with Crippen molar-refractivity contribution in [2.45, 2.75) is 13.2 Å². The summed E-state index contributed by atoms with van der Waals surface area (Å²) >= 11 is 7.22. The molecule has 0 amide bonds. The zero-order valence-electron chi connectivity index (χ0n) is 8.88. The number of aliphatic hydroxyl groups excluding tert-OH is 2. The Kier molecular flexibility index (Phi) is 3.20. The maximum Gasteiger partial charge on any atom is 0.196 e. The van der Waals surface area contributed by atoms with Crippen LogP contribution in [-0.2, 0) is 0 Å². The molecule has 1 aliphatic heterocycles. The van der Waals surface area contributed by atoms with Crippen molar-refractivity contribution >= 4 is 29.2 Å². The van der Waals surface area contributed by atoms with Gasteiger partial charge in [-0.15, -0.1) is 0 Å². The molecule has 0 aliphatic carbocycles. The maximum absolute atomic E-state index is 9.73. The number of nitrogens with zero attached hydrogens (tertiary/aromatic N) is 2. The molecule has 0 saturated heterocycles. The van der Waals surface area contributed by atoms with E-state index in [0.717, 1.165) is 0 Å². The third-order valence-electron chi connectivity index (χ3n) is 2.49. The van der Waals surface area contributed by atoms with Crippen LogP contribution in [0.1, 0.15) is 11.1 Å². The van der Waals surface area contributed by atoms with Gasteiger partial charge in [-0.25, -0.2) is 0 Å². The fourth-order valence-corrected chi connectivity index (χ4v) is 2.62. The van der Waals surface area contributed by atoms with E-state index in [4.69, 9.17) is 16.9 Å². The Balaban J connectivity index is 2.43. The summed E-state index contributed by atoms with van der Waals surface area (Å²) in [4.78, 5) is 0. The second-order valence-corrected chi connectivity index (χ2v) is 4.75. The Bertz CT molecular complexity index is 539. The first-order valence-corrected chi connectivity index (χ1v) is 6.00. The van der Waals surface area contributed by atoms with Crippen molar-refractivity contribution in [1.29, 1.82) is 5.26 Å². The predicted molar refractivity (Wildman–Crippen MR) is 67.7 cm³/mol. The number of aliphatic hydroxyl groups is 2. The molecule has 0 bridgehead atoms. The topological polar surface area (TPSA) is 67.5 Å². The average Bonchev–Trinajstić information content (AvgIpc) is 2.64. The first-order chi connectivity index (χ1) is 8.06. The van der Waals surface area contributed by atoms with Gasteiger partial charge in [-0.1, -0.05) is 11.6 Å². The summed E-state index contributed by atoms with van der Waals surface area (Å²) in [7, 11) is 0. The van der Waals surface area contributed by atoms with Crippen molar-refractivity contribution in [3.63, 3.8) is 0 Å². The third kappa shape index (κ3) is 1.95. The van der Waals surface area contributed by atoms with Gasteiger partial charge < -0.3 is 10.2 Å². The molecule has 0 aromatic heterocycles. The lowest BCUT2D eigenvalue weighted by Gasteiger charge is -2.23. The predicted octanol–water partition coefficient (Wildman–Crippen LogP) is 2.71. The molecule has 2 N–H and O–H groups in total. The highest BCUT2D eigenvalue weighted by Crippen LogP contribution is 2.38. The Morgan fingerprint density at radius 3 is 2.76 bits per heavy atom. The lowest BCUT2D eigenvalue weighted by atomic mass is 10.1. The van der Waals surface area contributed by atoms with Crippen LogP contribution < -0.4 is 4.31 Å². The van der Waals surface area contributed by atoms with E-state index in [2.05, 4.69) is 0 Å². The molecule has 4 nitrogen and oxygen atoms in total. The minimum atomic E-state index is -1.08. The average molecular weight is 269 g/mol. The van der Waals surface area contributed by atoms with Crippen LogP contribution in [0, 0.1) is 18.3 Å². The van der Waals surface area contributed by atoms with Crippen LogP contribution in [0.5, 0.6) is 0 Å². The highest BCUT2D eigenvalue weighted by molar-refractivity contribution is 8.03. The number of halogens is 1. The SMILES string of the molecule is Cc1c(N2SC=C(O)C2O)ccc(C#N)c1Cl. The number of hydrogen-bond acceptors (Lipinski definition) is 5. The summed E-state index contributed by atoms with van der Waals surface area (Å²) in [6.07, 6.45) is -1.08. The van der Waals surface area contributed by atoms with Gasteiger partial charge in [0.1, 0.15) is 6.07 Å². The number of anilines is 1. The fourth-order valence-electron chi connectivity index (χ4n) is 1.54. The molecular weight excluding hydrogens is 260 g/mol. The fraction of sp³-hybridized carbons (Fsp3) is 0.182. The highest BCUT2D eigenvalue weighted by atomic mass is 35.5. The Morgan fingerprint density at radius 1 is 1.53 bits per heavy atom. The molecule has 17 heavy (non-hydrogen) atoms. The van der Waals surface area contributed by atoms with Crippen LogP contribution >= 0.6 is 23.5 Å². The van der Waals surface area contributed by atoms with Crippen LogP contribution in [0.4, 0.5) is 5.69 Å². The monoisotopic (exact) mass is 268 g/mol. The molecule has 2 rings (SSSR count). The molecule has 0 radical (unpaired) electrons. The van der Waals surface area contributed by atoms with E-state index in [-0.39, 0.29) is 5.76 Å². The summed E-state index contributed by atoms with van der Waals surface area (Å²) in [5.74, 6) is -0.102. The summed E-state index contributed by atoms with van der Waals surface area (Å²) < 4.78 is 1.53. The van der Waals surface area contributed by atoms with Gasteiger partial charge in [0.2, 0.25) is 0 Å². The highest BCUT2D eigenvalue weighted by Gasteiger charge is 2.28. The zero-order chi connectivity index (χ0) is 12.6. The van der Waals surface area contributed by atoms with Crippen molar-refractivity contribution < 1.29 is 10.2 Å². The van der Waals surface area contributed by atoms with Gasteiger partial charge in [-0.3, -0.25) is 4.31 Å². The van der Waals surface area contributed by atoms with Gasteiger partial charge in [0, 0.05) is 5.41 Å². The van der Waals surface area contributed by atoms with Gasteiger partial charge >= 0.3 is 0 Å². The Hall–Kier alpha value is -1.35. The van der Waals surface area contributed by atoms with Crippen molar-refractivity contribution in [2.75, 3.05) is 4.31 Å². The molecular formula is C11H9ClN2O2S. The summed E-state index contributed by atoms with van der Waals surface area (Å²) in [5.41, 5.74) is 1.76. The molecule has 1 aromatic rings. The third-order valence-corrected chi connectivity index (χ3v) is 3.95. The number of nitriles is 1. The molecule has 88 valence electrons. The lowest BCUT2D eigenvalue weighted by molar-refractivity contribution is 0.169. The molecule has 1 unspecified atom stereocenters. The van der Waals surface area contributed by atoms with E-state index in [0.29, 0.717) is 21.8 Å². The summed E-state index contributed by atoms with van der Waals surface area (Å²) in [6, 6.07) is 5.28. The minimum absolute atomic E-state index is 0.102. The number of hydrogen-bond donors (Lipinski definition) is 2. The number of benzene rings is 1. The largest absolute Gasteiger partial charge is 0.507 e. The van der Waals surface area contributed by atoms with Gasteiger partial charge in [0.15, 0.2) is 12.0 Å². The first kappa shape index (κ1) is 12.1. The molecule has 0 saturated carbocycles. The maximum atomic E-state index is 9.73. The molecule has 0 spiro atoms. The Morgan fingerprint density at radius 2 is 2.24 bits per heavy atom. The lowest BCUT2D eigenvalue weighted by Crippen LogP contribution is -2.26. The second kappa shape index (κ2) is 4.49. The van der Waals surface area contributed by atoms with Crippen molar-refractivity contribution in [3.05, 3.63) is 39.4 Å². The quantitative estimate of drug-likeness (QED) is 0.767. The second-order valence-electron chi connectivity index (χ2n) is 3.53. The molecule has 6 heteroatoms. The standard InChI is InChI=1S/C11H9ClN2O2S/c1-6-8(3-2-7(4-13)10(6)12)14-11(16)9(15)5-17-14/h2-3,5,11,15-16H,1H3. The van der Waals surface area contributed by atoms with E-state index in [9.17, 15) is 10.2 Å². The van der Waals surface area contributed by atoms with Crippen LogP contribution in [-0.4, -0.2) is 16.4 Å². The van der Waals surface area contributed by atoms with Gasteiger partial charge in [-0.05, 0) is 36.6 Å². The molecule has 1 atom stereocenters. The summed E-state index contributed by atoms with van der Waals surface area (Å²) in [6.45, 7) is 1.77.